The lowest BCUT2D eigenvalue weighted by atomic mass is 9.67. The molecular weight excluding hydrogens is 499 g/mol. The number of piperidine rings is 1. The Morgan fingerprint density at radius 2 is 1.69 bits per heavy atom. The fraction of sp³-hybridized carbons (Fsp3) is 0.391. The number of nitrogens with one attached hydrogen (secondary N) is 1. The zero-order valence-corrected chi connectivity index (χ0v) is 18.9. The van der Waals surface area contributed by atoms with Gasteiger partial charge in [-0.3, -0.25) is 14.9 Å². The molecule has 2 aromatic carbocycles. The Labute approximate surface area is 189 Å². The van der Waals surface area contributed by atoms with E-state index >= 15 is 0 Å². The second-order valence-electron chi connectivity index (χ2n) is 8.39. The summed E-state index contributed by atoms with van der Waals surface area (Å²) in [6.45, 7) is 2.07. The van der Waals surface area contributed by atoms with Gasteiger partial charge >= 0.3 is 0 Å². The molecule has 1 N–H and O–H groups in total. The molecule has 1 aliphatic carbocycles. The summed E-state index contributed by atoms with van der Waals surface area (Å²) in [6.07, 6.45) is 1.82. The number of anilines is 1. The maximum Gasteiger partial charge on any atom is 0.232 e. The van der Waals surface area contributed by atoms with Crippen molar-refractivity contribution in [2.24, 2.45) is 17.8 Å². The number of hydrogen-bond acceptors (Lipinski definition) is 3. The zero-order valence-electron chi connectivity index (χ0n) is 16.0. The first-order valence-corrected chi connectivity index (χ1v) is 11.7. The molecular formula is C23H22ClIN2O2. The molecule has 2 aromatic rings. The third kappa shape index (κ3) is 3.08. The van der Waals surface area contributed by atoms with Gasteiger partial charge in [-0.1, -0.05) is 64.0 Å². The molecule has 2 amide bonds. The first kappa shape index (κ1) is 19.4. The van der Waals surface area contributed by atoms with Crippen molar-refractivity contribution in [3.63, 3.8) is 0 Å². The number of benzene rings is 2. The third-order valence-electron chi connectivity index (χ3n) is 6.79. The summed E-state index contributed by atoms with van der Waals surface area (Å²) < 4.78 is 0.376. The van der Waals surface area contributed by atoms with Crippen molar-refractivity contribution in [1.29, 1.82) is 0 Å². The van der Waals surface area contributed by atoms with E-state index in [1.807, 2.05) is 24.3 Å². The normalized spacial score (nSPS) is 33.4. The van der Waals surface area contributed by atoms with Crippen LogP contribution in [0.15, 0.2) is 48.5 Å². The van der Waals surface area contributed by atoms with Crippen molar-refractivity contribution in [1.82, 2.24) is 5.32 Å². The van der Waals surface area contributed by atoms with Gasteiger partial charge < -0.3 is 4.90 Å². The van der Waals surface area contributed by atoms with Gasteiger partial charge in [-0.05, 0) is 49.6 Å². The lowest BCUT2D eigenvalue weighted by molar-refractivity contribution is -0.144. The second-order valence-corrected chi connectivity index (χ2v) is 10.4. The highest BCUT2D eigenvalue weighted by atomic mass is 127. The van der Waals surface area contributed by atoms with Gasteiger partial charge in [0.2, 0.25) is 11.8 Å². The van der Waals surface area contributed by atoms with Gasteiger partial charge in [-0.2, -0.15) is 0 Å². The fourth-order valence-corrected chi connectivity index (χ4v) is 6.88. The van der Waals surface area contributed by atoms with Crippen molar-refractivity contribution >= 4 is 51.7 Å². The Morgan fingerprint density at radius 1 is 1.00 bits per heavy atom. The summed E-state index contributed by atoms with van der Waals surface area (Å²) in [5, 5.41) is 3.38. The summed E-state index contributed by atoms with van der Waals surface area (Å²) in [5.74, 6) is -0.523. The van der Waals surface area contributed by atoms with Crippen LogP contribution in [0.25, 0.3) is 0 Å². The van der Waals surface area contributed by atoms with E-state index < -0.39 is 0 Å². The molecule has 2 heterocycles. The van der Waals surface area contributed by atoms with Crippen molar-refractivity contribution in [3.8, 4) is 0 Å². The van der Waals surface area contributed by atoms with Crippen LogP contribution in [0, 0.1) is 24.7 Å². The standard InChI is InChI=1S/C23H22ClIN2O2/c1-12-2-4-13(5-3-12)20-19-18-16(22(28)26-23(19)29)10-11-17(25)21(18)27(20)15-8-6-14(24)7-9-15/h2-9,16-21H,10-11H2,1H3,(H,26,28,29)/t16-,17-,18+,19-,20-,21+/m1/s1. The summed E-state index contributed by atoms with van der Waals surface area (Å²) in [4.78, 5) is 28.2. The van der Waals surface area contributed by atoms with E-state index in [-0.39, 0.29) is 41.7 Å². The van der Waals surface area contributed by atoms with Crippen LogP contribution >= 0.6 is 34.2 Å². The highest BCUT2D eigenvalue weighted by molar-refractivity contribution is 14.1. The van der Waals surface area contributed by atoms with E-state index in [1.165, 1.54) is 5.56 Å². The molecule has 0 bridgehead atoms. The number of hydrogen-bond donors (Lipinski definition) is 1. The lowest BCUT2D eigenvalue weighted by Crippen LogP contribution is -2.56. The summed E-state index contributed by atoms with van der Waals surface area (Å²) in [7, 11) is 0. The van der Waals surface area contributed by atoms with E-state index in [1.54, 1.807) is 0 Å². The lowest BCUT2D eigenvalue weighted by Gasteiger charge is -2.42. The molecule has 6 heteroatoms. The van der Waals surface area contributed by atoms with E-state index in [4.69, 9.17) is 11.6 Å². The average Bonchev–Trinajstić information content (AvgIpc) is 3.06. The van der Waals surface area contributed by atoms with E-state index in [2.05, 4.69) is 64.0 Å². The molecule has 0 aromatic heterocycles. The quantitative estimate of drug-likeness (QED) is 0.355. The van der Waals surface area contributed by atoms with Crippen LogP contribution in [0.4, 0.5) is 5.69 Å². The number of nitrogens with zero attached hydrogens (tertiary/aromatic N) is 1. The minimum atomic E-state index is -0.237. The SMILES string of the molecule is Cc1ccc([C@@H]2[C@@H]3C(=O)NC(=O)[C@@H]4CC[C@@H](I)[C@@H]([C@H]34)N2c2ccc(Cl)cc2)cc1. The van der Waals surface area contributed by atoms with Crippen molar-refractivity contribution < 1.29 is 9.59 Å². The zero-order chi connectivity index (χ0) is 20.3. The molecule has 150 valence electrons. The Balaban J connectivity index is 1.70. The highest BCUT2D eigenvalue weighted by Crippen LogP contribution is 2.56. The molecule has 3 fully saturated rings. The fourth-order valence-electron chi connectivity index (χ4n) is 5.57. The van der Waals surface area contributed by atoms with Crippen LogP contribution in [-0.2, 0) is 9.59 Å². The maximum absolute atomic E-state index is 13.1. The predicted molar refractivity (Wildman–Crippen MR) is 122 cm³/mol. The number of carbonyl (C=O) groups is 2. The molecule has 1 saturated carbocycles. The smallest absolute Gasteiger partial charge is 0.232 e. The number of carbonyl (C=O) groups excluding carboxylic acids is 2. The summed E-state index contributed by atoms with van der Waals surface area (Å²) in [5.41, 5.74) is 3.37. The third-order valence-corrected chi connectivity index (χ3v) is 8.40. The predicted octanol–water partition coefficient (Wildman–Crippen LogP) is 4.68. The highest BCUT2D eigenvalue weighted by Gasteiger charge is 2.62. The van der Waals surface area contributed by atoms with E-state index in [9.17, 15) is 9.59 Å². The molecule has 5 rings (SSSR count). The van der Waals surface area contributed by atoms with Gasteiger partial charge in [-0.25, -0.2) is 0 Å². The minimum Gasteiger partial charge on any atom is -0.359 e. The van der Waals surface area contributed by atoms with Crippen molar-refractivity contribution in [2.45, 2.75) is 35.8 Å². The van der Waals surface area contributed by atoms with Gasteiger partial charge in [0.05, 0.1) is 12.0 Å². The van der Waals surface area contributed by atoms with Crippen LogP contribution in [0.5, 0.6) is 0 Å². The van der Waals surface area contributed by atoms with Crippen molar-refractivity contribution in [3.05, 3.63) is 64.7 Å². The van der Waals surface area contributed by atoms with E-state index in [0.29, 0.717) is 8.95 Å². The molecule has 0 radical (unpaired) electrons. The Morgan fingerprint density at radius 3 is 2.38 bits per heavy atom. The molecule has 0 spiro atoms. The van der Waals surface area contributed by atoms with Gasteiger partial charge in [0.1, 0.15) is 0 Å². The summed E-state index contributed by atoms with van der Waals surface area (Å²) in [6, 6.07) is 16.4. The second kappa shape index (κ2) is 7.27. The Hall–Kier alpha value is -1.60. The molecule has 29 heavy (non-hydrogen) atoms. The number of alkyl halides is 1. The number of rotatable bonds is 2. The molecule has 3 aliphatic rings. The Bertz CT molecular complexity index is 962. The molecule has 2 saturated heterocycles. The first-order chi connectivity index (χ1) is 14.0. The Kier molecular flexibility index (Phi) is 4.86. The van der Waals surface area contributed by atoms with Gasteiger partial charge in [0.25, 0.3) is 0 Å². The molecule has 6 atom stereocenters. The monoisotopic (exact) mass is 520 g/mol. The van der Waals surface area contributed by atoms with Crippen LogP contribution in [0.3, 0.4) is 0 Å². The van der Waals surface area contributed by atoms with Crippen LogP contribution < -0.4 is 10.2 Å². The summed E-state index contributed by atoms with van der Waals surface area (Å²) >= 11 is 8.68. The minimum absolute atomic E-state index is 0.0360. The molecule has 2 aliphatic heterocycles. The number of imide groups is 1. The van der Waals surface area contributed by atoms with E-state index in [0.717, 1.165) is 24.1 Å². The van der Waals surface area contributed by atoms with Crippen LogP contribution in [0.1, 0.15) is 30.0 Å². The first-order valence-electron chi connectivity index (χ1n) is 10.0. The van der Waals surface area contributed by atoms with Crippen LogP contribution in [-0.4, -0.2) is 21.8 Å². The van der Waals surface area contributed by atoms with Crippen molar-refractivity contribution in [2.75, 3.05) is 4.90 Å². The number of aryl methyl sites for hydroxylation is 1. The van der Waals surface area contributed by atoms with Crippen LogP contribution in [0.2, 0.25) is 5.02 Å². The average molecular weight is 521 g/mol. The number of amides is 2. The molecule has 0 unspecified atom stereocenters. The number of halogens is 2. The molecule has 4 nitrogen and oxygen atoms in total. The topological polar surface area (TPSA) is 49.4 Å². The maximum atomic E-state index is 13.1. The van der Waals surface area contributed by atoms with Gasteiger partial charge in [0, 0.05) is 32.5 Å². The van der Waals surface area contributed by atoms with Gasteiger partial charge in [0.15, 0.2) is 0 Å². The largest absolute Gasteiger partial charge is 0.359 e. The van der Waals surface area contributed by atoms with Gasteiger partial charge in [-0.15, -0.1) is 0 Å².